The fourth-order valence-electron chi connectivity index (χ4n) is 4.19. The molecule has 0 atom stereocenters. The highest BCUT2D eigenvalue weighted by Gasteiger charge is 2.17. The standard InChI is InChI=1S/C24H23FN6O3S/c1-14-11-16(15(2)30(14)19-6-4-3-5-18(19)25)12-17-22(26)31-24(27-23(17)33)35-20(28-31)13-21(32)29-7-9-34-10-8-29/h3-6,11-13,26,28H,7-10H2,1-2H3/b17-12+,20-13+,26-22?. The van der Waals surface area contributed by atoms with E-state index >= 15 is 0 Å². The summed E-state index contributed by atoms with van der Waals surface area (Å²) in [7, 11) is 0. The molecule has 11 heteroatoms. The van der Waals surface area contributed by atoms with E-state index in [1.165, 1.54) is 16.8 Å². The van der Waals surface area contributed by atoms with E-state index in [-0.39, 0.29) is 27.6 Å². The van der Waals surface area contributed by atoms with Crippen molar-refractivity contribution in [1.82, 2.24) is 24.2 Å². The first-order valence-electron chi connectivity index (χ1n) is 11.0. The number of ether oxygens (including phenoxy) is 1. The first kappa shape index (κ1) is 22.9. The first-order valence-corrected chi connectivity index (χ1v) is 11.9. The lowest BCUT2D eigenvalue weighted by Crippen LogP contribution is -2.47. The van der Waals surface area contributed by atoms with Crippen LogP contribution in [0.15, 0.2) is 35.1 Å². The minimum atomic E-state index is -0.549. The van der Waals surface area contributed by atoms with Crippen LogP contribution in [-0.4, -0.2) is 56.4 Å². The zero-order chi connectivity index (χ0) is 24.7. The molecule has 0 unspecified atom stereocenters. The third-order valence-corrected chi connectivity index (χ3v) is 6.85. The second-order valence-corrected chi connectivity index (χ2v) is 9.22. The summed E-state index contributed by atoms with van der Waals surface area (Å²) in [6, 6.07) is 8.32. The number of carbonyl (C=O) groups excluding carboxylic acids is 1. The molecule has 1 saturated heterocycles. The molecule has 3 aliphatic rings. The molecule has 180 valence electrons. The summed E-state index contributed by atoms with van der Waals surface area (Å²) in [4.78, 5) is 31.2. The molecule has 0 spiro atoms. The summed E-state index contributed by atoms with van der Waals surface area (Å²) in [5, 5.41) is 12.0. The molecular formula is C24H23FN6O3S. The lowest BCUT2D eigenvalue weighted by molar-refractivity contribution is -0.128. The number of hydrogen-bond donors (Lipinski definition) is 2. The van der Waals surface area contributed by atoms with Crippen molar-refractivity contribution in [3.05, 3.63) is 78.8 Å². The fraction of sp³-hybridized carbons (Fsp3) is 0.250. The summed E-state index contributed by atoms with van der Waals surface area (Å²) < 4.78 is 23.3. The number of rotatable bonds is 3. The number of morpholine rings is 1. The zero-order valence-electron chi connectivity index (χ0n) is 19.2. The van der Waals surface area contributed by atoms with Crippen LogP contribution in [-0.2, 0) is 9.53 Å². The molecule has 3 aliphatic heterocycles. The van der Waals surface area contributed by atoms with E-state index in [1.807, 2.05) is 19.9 Å². The van der Waals surface area contributed by atoms with Gasteiger partial charge in [-0.3, -0.25) is 20.1 Å². The summed E-state index contributed by atoms with van der Waals surface area (Å²) in [5.41, 5.74) is 1.99. The third-order valence-electron chi connectivity index (χ3n) is 5.96. The second-order valence-electron chi connectivity index (χ2n) is 8.21. The van der Waals surface area contributed by atoms with Crippen molar-refractivity contribution in [3.63, 3.8) is 0 Å². The molecule has 9 nitrogen and oxygen atoms in total. The van der Waals surface area contributed by atoms with Crippen LogP contribution in [0.4, 0.5) is 4.39 Å². The molecule has 5 rings (SSSR count). The number of hydrogen-bond acceptors (Lipinski definition) is 6. The highest BCUT2D eigenvalue weighted by atomic mass is 32.1. The Morgan fingerprint density at radius 2 is 2.00 bits per heavy atom. The number of nitrogens with zero attached hydrogens (tertiary/aromatic N) is 4. The van der Waals surface area contributed by atoms with Crippen molar-refractivity contribution < 1.29 is 13.9 Å². The van der Waals surface area contributed by atoms with Gasteiger partial charge in [0.25, 0.3) is 5.56 Å². The number of H-pyrrole nitrogens is 1. The molecule has 0 saturated carbocycles. The predicted molar refractivity (Wildman–Crippen MR) is 129 cm³/mol. The van der Waals surface area contributed by atoms with Crippen LogP contribution >= 0.6 is 11.3 Å². The SMILES string of the molecule is Cc1cc(/C=c2/c(=O)nc3s/c(=C/C(=O)N4CCOCC4)[nH]n-3c2=N)c(C)n1-c1ccccc1F. The quantitative estimate of drug-likeness (QED) is 0.434. The Bertz CT molecular complexity index is 1640. The Morgan fingerprint density at radius 1 is 1.26 bits per heavy atom. The van der Waals surface area contributed by atoms with E-state index in [0.29, 0.717) is 42.2 Å². The van der Waals surface area contributed by atoms with E-state index in [4.69, 9.17) is 10.1 Å². The van der Waals surface area contributed by atoms with Gasteiger partial charge in [0, 0.05) is 30.6 Å². The van der Waals surface area contributed by atoms with Crippen LogP contribution in [0.25, 0.3) is 23.0 Å². The van der Waals surface area contributed by atoms with Crippen molar-refractivity contribution in [1.29, 1.82) is 5.41 Å². The molecular weight excluding hydrogens is 471 g/mol. The minimum absolute atomic E-state index is 0.0783. The maximum atomic E-state index is 14.4. The van der Waals surface area contributed by atoms with Crippen LogP contribution in [0.5, 0.6) is 0 Å². The number of halogens is 1. The summed E-state index contributed by atoms with van der Waals surface area (Å²) in [5.74, 6) is -0.522. The monoisotopic (exact) mass is 494 g/mol. The van der Waals surface area contributed by atoms with Crippen molar-refractivity contribution in [3.8, 4) is 10.8 Å². The largest absolute Gasteiger partial charge is 0.378 e. The third kappa shape index (κ3) is 4.24. The molecule has 0 bridgehead atoms. The predicted octanol–water partition coefficient (Wildman–Crippen LogP) is 0.554. The van der Waals surface area contributed by atoms with Crippen LogP contribution in [0.3, 0.4) is 0 Å². The van der Waals surface area contributed by atoms with E-state index in [2.05, 4.69) is 10.1 Å². The second kappa shape index (κ2) is 9.08. The minimum Gasteiger partial charge on any atom is -0.378 e. The topological polar surface area (TPSA) is 109 Å². The number of benzene rings is 1. The zero-order valence-corrected chi connectivity index (χ0v) is 20.0. The van der Waals surface area contributed by atoms with E-state index in [0.717, 1.165) is 22.7 Å². The van der Waals surface area contributed by atoms with Gasteiger partial charge in [-0.05, 0) is 43.7 Å². The van der Waals surface area contributed by atoms with E-state index < -0.39 is 5.56 Å². The molecule has 1 fully saturated rings. The van der Waals surface area contributed by atoms with Gasteiger partial charge in [-0.2, -0.15) is 4.98 Å². The Balaban J connectivity index is 1.60. The van der Waals surface area contributed by atoms with Gasteiger partial charge < -0.3 is 14.2 Å². The van der Waals surface area contributed by atoms with E-state index in [9.17, 15) is 14.0 Å². The Labute approximate surface area is 202 Å². The Hall–Kier alpha value is -3.83. The number of aromatic amines is 1. The molecule has 35 heavy (non-hydrogen) atoms. The first-order chi connectivity index (χ1) is 16.8. The number of fused-ring (bicyclic) bond motifs is 1. The maximum absolute atomic E-state index is 14.4. The van der Waals surface area contributed by atoms with Gasteiger partial charge in [0.15, 0.2) is 5.49 Å². The molecule has 1 amide bonds. The number of aryl methyl sites for hydroxylation is 1. The molecule has 2 N–H and O–H groups in total. The average molecular weight is 495 g/mol. The number of nitrogens with one attached hydrogen (secondary N) is 2. The van der Waals surface area contributed by atoms with Gasteiger partial charge in [0.05, 0.1) is 24.1 Å². The van der Waals surface area contributed by atoms with Gasteiger partial charge >= 0.3 is 0 Å². The normalized spacial score (nSPS) is 15.3. The van der Waals surface area contributed by atoms with Crippen molar-refractivity contribution in [2.45, 2.75) is 13.8 Å². The van der Waals surface area contributed by atoms with Crippen LogP contribution in [0.2, 0.25) is 0 Å². The van der Waals surface area contributed by atoms with Gasteiger partial charge in [-0.25, -0.2) is 9.07 Å². The highest BCUT2D eigenvalue weighted by molar-refractivity contribution is 7.11. The smallest absolute Gasteiger partial charge is 0.283 e. The summed E-state index contributed by atoms with van der Waals surface area (Å²) in [6.07, 6.45) is 3.04. The Kier molecular flexibility index (Phi) is 5.95. The number of amides is 1. The Morgan fingerprint density at radius 3 is 2.74 bits per heavy atom. The number of aromatic nitrogens is 4. The van der Waals surface area contributed by atoms with Crippen molar-refractivity contribution in [2.75, 3.05) is 26.3 Å². The van der Waals surface area contributed by atoms with E-state index in [1.54, 1.807) is 33.7 Å². The van der Waals surface area contributed by atoms with Gasteiger partial charge in [0.2, 0.25) is 11.0 Å². The van der Waals surface area contributed by atoms with Gasteiger partial charge in [0.1, 0.15) is 10.5 Å². The molecule has 0 aliphatic carbocycles. The maximum Gasteiger partial charge on any atom is 0.283 e. The lowest BCUT2D eigenvalue weighted by atomic mass is 10.2. The lowest BCUT2D eigenvalue weighted by Gasteiger charge is -2.25. The van der Waals surface area contributed by atoms with Gasteiger partial charge in [-0.15, -0.1) is 0 Å². The van der Waals surface area contributed by atoms with Crippen molar-refractivity contribution in [2.24, 2.45) is 0 Å². The van der Waals surface area contributed by atoms with Crippen LogP contribution < -0.4 is 20.9 Å². The van der Waals surface area contributed by atoms with Crippen molar-refractivity contribution >= 4 is 29.4 Å². The summed E-state index contributed by atoms with van der Waals surface area (Å²) in [6.45, 7) is 5.72. The van der Waals surface area contributed by atoms with Crippen LogP contribution in [0, 0.1) is 25.1 Å². The molecule has 0 radical (unpaired) electrons. The number of carbonyl (C=O) groups is 1. The molecule has 1 aromatic heterocycles. The summed E-state index contributed by atoms with van der Waals surface area (Å²) >= 11 is 1.12. The fourth-order valence-corrected chi connectivity index (χ4v) is 5.04. The molecule has 2 aromatic rings. The molecule has 1 aromatic carbocycles. The average Bonchev–Trinajstić information content (AvgIpc) is 3.37. The molecule has 4 heterocycles. The van der Waals surface area contributed by atoms with Crippen LogP contribution in [0.1, 0.15) is 17.0 Å². The van der Waals surface area contributed by atoms with Gasteiger partial charge in [-0.1, -0.05) is 23.5 Å². The highest BCUT2D eigenvalue weighted by Crippen LogP contribution is 2.23. The number of para-hydroxylation sites is 1.